The zero-order chi connectivity index (χ0) is 13.8. The van der Waals surface area contributed by atoms with E-state index >= 15 is 0 Å². The summed E-state index contributed by atoms with van der Waals surface area (Å²) in [6.07, 6.45) is 0.894. The minimum absolute atomic E-state index is 0.0180. The van der Waals surface area contributed by atoms with Crippen LogP contribution in [-0.2, 0) is 13.7 Å². The van der Waals surface area contributed by atoms with Gasteiger partial charge in [0.1, 0.15) is 12.4 Å². The van der Waals surface area contributed by atoms with Gasteiger partial charge in [0.25, 0.3) is 0 Å². The lowest BCUT2D eigenvalue weighted by Crippen LogP contribution is -2.11. The Kier molecular flexibility index (Phi) is 4.22. The van der Waals surface area contributed by atoms with Crippen molar-refractivity contribution in [3.8, 4) is 5.75 Å². The molecule has 1 heterocycles. The normalized spacial score (nSPS) is 12.4. The topological polar surface area (TPSA) is 53.1 Å². The number of para-hydroxylation sites is 1. The highest BCUT2D eigenvalue weighted by molar-refractivity contribution is 5.35. The largest absolute Gasteiger partial charge is 0.487 e. The molecule has 0 aliphatic heterocycles. The molecular weight excluding hydrogens is 238 g/mol. The van der Waals surface area contributed by atoms with Crippen molar-refractivity contribution in [3.05, 3.63) is 47.3 Å². The number of hydrogen-bond donors (Lipinski definition) is 1. The van der Waals surface area contributed by atoms with Gasteiger partial charge in [0.15, 0.2) is 0 Å². The molecule has 0 aliphatic rings. The minimum Gasteiger partial charge on any atom is -0.487 e. The van der Waals surface area contributed by atoms with Crippen molar-refractivity contribution in [2.75, 3.05) is 0 Å². The molecule has 0 bridgehead atoms. The Morgan fingerprint density at radius 3 is 2.74 bits per heavy atom. The summed E-state index contributed by atoms with van der Waals surface area (Å²) in [6, 6.07) is 10.0. The van der Waals surface area contributed by atoms with E-state index < -0.39 is 0 Å². The van der Waals surface area contributed by atoms with Gasteiger partial charge in [-0.05, 0) is 25.5 Å². The van der Waals surface area contributed by atoms with Crippen molar-refractivity contribution in [2.45, 2.75) is 32.9 Å². The summed E-state index contributed by atoms with van der Waals surface area (Å²) in [5.74, 6) is 0.857. The van der Waals surface area contributed by atoms with Crippen LogP contribution in [0.15, 0.2) is 30.3 Å². The quantitative estimate of drug-likeness (QED) is 0.898. The van der Waals surface area contributed by atoms with Gasteiger partial charge in [-0.1, -0.05) is 25.1 Å². The second-order valence-corrected chi connectivity index (χ2v) is 4.74. The summed E-state index contributed by atoms with van der Waals surface area (Å²) >= 11 is 0. The molecule has 2 rings (SSSR count). The maximum Gasteiger partial charge on any atom is 0.130 e. The third-order valence-corrected chi connectivity index (χ3v) is 3.23. The van der Waals surface area contributed by atoms with Crippen molar-refractivity contribution >= 4 is 0 Å². The van der Waals surface area contributed by atoms with E-state index in [0.717, 1.165) is 29.1 Å². The predicted octanol–water partition coefficient (Wildman–Crippen LogP) is 2.72. The number of rotatable bonds is 5. The first kappa shape index (κ1) is 13.6. The lowest BCUT2D eigenvalue weighted by molar-refractivity contribution is 0.290. The Bertz CT molecular complexity index is 548. The van der Waals surface area contributed by atoms with Crippen LogP contribution in [0.2, 0.25) is 0 Å². The fourth-order valence-corrected chi connectivity index (χ4v) is 2.09. The van der Waals surface area contributed by atoms with Crippen LogP contribution in [0, 0.1) is 6.92 Å². The number of ether oxygens (including phenoxy) is 1. The number of nitrogens with two attached hydrogens (primary N) is 1. The van der Waals surface area contributed by atoms with E-state index in [0.29, 0.717) is 6.61 Å². The fourth-order valence-electron chi connectivity index (χ4n) is 2.09. The lowest BCUT2D eigenvalue weighted by atomic mass is 10.0. The molecule has 1 atom stereocenters. The van der Waals surface area contributed by atoms with Crippen LogP contribution in [0.3, 0.4) is 0 Å². The Morgan fingerprint density at radius 1 is 1.37 bits per heavy atom. The molecule has 1 aromatic heterocycles. The van der Waals surface area contributed by atoms with Crippen LogP contribution >= 0.6 is 0 Å². The first-order valence-electron chi connectivity index (χ1n) is 6.58. The van der Waals surface area contributed by atoms with Crippen LogP contribution in [0.5, 0.6) is 5.75 Å². The SMILES string of the molecule is CCC(N)c1ccccc1OCc1cc(C)nn1C. The van der Waals surface area contributed by atoms with E-state index in [4.69, 9.17) is 10.5 Å². The molecule has 1 unspecified atom stereocenters. The molecule has 0 saturated heterocycles. The summed E-state index contributed by atoms with van der Waals surface area (Å²) in [5.41, 5.74) is 9.21. The van der Waals surface area contributed by atoms with Crippen molar-refractivity contribution in [3.63, 3.8) is 0 Å². The third-order valence-electron chi connectivity index (χ3n) is 3.23. The maximum atomic E-state index is 6.10. The lowest BCUT2D eigenvalue weighted by Gasteiger charge is -2.15. The second kappa shape index (κ2) is 5.89. The zero-order valence-electron chi connectivity index (χ0n) is 11.8. The average molecular weight is 259 g/mol. The molecule has 0 spiro atoms. The van der Waals surface area contributed by atoms with Gasteiger partial charge in [-0.3, -0.25) is 4.68 Å². The molecule has 4 nitrogen and oxygen atoms in total. The molecule has 0 saturated carbocycles. The molecule has 2 aromatic rings. The third kappa shape index (κ3) is 3.15. The van der Waals surface area contributed by atoms with Gasteiger partial charge in [-0.25, -0.2) is 0 Å². The van der Waals surface area contributed by atoms with Crippen molar-refractivity contribution in [2.24, 2.45) is 12.8 Å². The number of hydrogen-bond acceptors (Lipinski definition) is 3. The van der Waals surface area contributed by atoms with Gasteiger partial charge in [-0.15, -0.1) is 0 Å². The van der Waals surface area contributed by atoms with Crippen molar-refractivity contribution in [1.82, 2.24) is 9.78 Å². The molecule has 102 valence electrons. The van der Waals surface area contributed by atoms with Gasteiger partial charge in [0, 0.05) is 18.7 Å². The van der Waals surface area contributed by atoms with Crippen molar-refractivity contribution in [1.29, 1.82) is 0 Å². The molecule has 4 heteroatoms. The summed E-state index contributed by atoms with van der Waals surface area (Å²) in [4.78, 5) is 0. The van der Waals surface area contributed by atoms with Crippen LogP contribution in [-0.4, -0.2) is 9.78 Å². The van der Waals surface area contributed by atoms with E-state index in [9.17, 15) is 0 Å². The summed E-state index contributed by atoms with van der Waals surface area (Å²) in [7, 11) is 1.93. The van der Waals surface area contributed by atoms with E-state index in [1.54, 1.807) is 0 Å². The van der Waals surface area contributed by atoms with E-state index in [2.05, 4.69) is 12.0 Å². The molecule has 1 aromatic carbocycles. The predicted molar refractivity (Wildman–Crippen MR) is 75.9 cm³/mol. The van der Waals surface area contributed by atoms with E-state index in [1.807, 2.05) is 49.0 Å². The summed E-state index contributed by atoms with van der Waals surface area (Å²) in [6.45, 7) is 4.56. The molecule has 19 heavy (non-hydrogen) atoms. The molecule has 0 radical (unpaired) electrons. The van der Waals surface area contributed by atoms with Gasteiger partial charge in [0.2, 0.25) is 0 Å². The number of aromatic nitrogens is 2. The van der Waals surface area contributed by atoms with Gasteiger partial charge < -0.3 is 10.5 Å². The maximum absolute atomic E-state index is 6.10. The van der Waals surface area contributed by atoms with Gasteiger partial charge in [-0.2, -0.15) is 5.10 Å². The molecule has 0 aliphatic carbocycles. The van der Waals surface area contributed by atoms with Crippen LogP contribution in [0.25, 0.3) is 0 Å². The number of nitrogens with zero attached hydrogens (tertiary/aromatic N) is 2. The van der Waals surface area contributed by atoms with Crippen molar-refractivity contribution < 1.29 is 4.74 Å². The van der Waals surface area contributed by atoms with Crippen LogP contribution < -0.4 is 10.5 Å². The highest BCUT2D eigenvalue weighted by atomic mass is 16.5. The highest BCUT2D eigenvalue weighted by Crippen LogP contribution is 2.26. The standard InChI is InChI=1S/C15H21N3O/c1-4-14(16)13-7-5-6-8-15(13)19-10-12-9-11(2)17-18(12)3/h5-9,14H,4,10,16H2,1-3H3. The van der Waals surface area contributed by atoms with Gasteiger partial charge in [0.05, 0.1) is 11.4 Å². The highest BCUT2D eigenvalue weighted by Gasteiger charge is 2.10. The summed E-state index contributed by atoms with van der Waals surface area (Å²) < 4.78 is 7.74. The smallest absolute Gasteiger partial charge is 0.130 e. The molecular formula is C15H21N3O. The Balaban J connectivity index is 2.13. The Labute approximate surface area is 114 Å². The van der Waals surface area contributed by atoms with Crippen LogP contribution in [0.1, 0.15) is 36.3 Å². The van der Waals surface area contributed by atoms with E-state index in [-0.39, 0.29) is 6.04 Å². The van der Waals surface area contributed by atoms with E-state index in [1.165, 1.54) is 0 Å². The molecule has 0 amide bonds. The van der Waals surface area contributed by atoms with Gasteiger partial charge >= 0.3 is 0 Å². The first-order valence-corrected chi connectivity index (χ1v) is 6.58. The second-order valence-electron chi connectivity index (χ2n) is 4.74. The minimum atomic E-state index is 0.0180. The monoisotopic (exact) mass is 259 g/mol. The fraction of sp³-hybridized carbons (Fsp3) is 0.400. The summed E-state index contributed by atoms with van der Waals surface area (Å²) in [5, 5.41) is 4.31. The Hall–Kier alpha value is -1.81. The Morgan fingerprint density at radius 2 is 2.11 bits per heavy atom. The molecule has 0 fully saturated rings. The average Bonchev–Trinajstić information content (AvgIpc) is 2.74. The zero-order valence-corrected chi connectivity index (χ0v) is 11.8. The number of aryl methyl sites for hydroxylation is 2. The number of benzene rings is 1. The first-order chi connectivity index (χ1) is 9.11. The molecule has 2 N–H and O–H groups in total. The van der Waals surface area contributed by atoms with Crippen LogP contribution in [0.4, 0.5) is 0 Å².